The van der Waals surface area contributed by atoms with Gasteiger partial charge < -0.3 is 4.74 Å². The lowest BCUT2D eigenvalue weighted by atomic mass is 10.1. The molecule has 0 saturated carbocycles. The van der Waals surface area contributed by atoms with Gasteiger partial charge in [-0.3, -0.25) is 0 Å². The van der Waals surface area contributed by atoms with Gasteiger partial charge in [0.05, 0.1) is 6.10 Å². The fourth-order valence-electron chi connectivity index (χ4n) is 1.22. The van der Waals surface area contributed by atoms with Gasteiger partial charge in [-0.15, -0.1) is 0 Å². The van der Waals surface area contributed by atoms with Crippen LogP contribution in [0, 0.1) is 0 Å². The Bertz CT molecular complexity index is 163. The summed E-state index contributed by atoms with van der Waals surface area (Å²) in [5.41, 5.74) is 0. The van der Waals surface area contributed by atoms with E-state index < -0.39 is 24.6 Å². The molecule has 78 valence electrons. The topological polar surface area (TPSA) is 9.23 Å². The van der Waals surface area contributed by atoms with Gasteiger partial charge in [0.25, 0.3) is 0 Å². The number of alkyl halides is 5. The average Bonchev–Trinajstić information content (AvgIpc) is 2.51. The predicted molar refractivity (Wildman–Crippen MR) is 34.8 cm³/mol. The smallest absolute Gasteiger partial charge is 0.375 e. The molecule has 1 heterocycles. The molecule has 1 aliphatic rings. The van der Waals surface area contributed by atoms with Gasteiger partial charge in [0.2, 0.25) is 6.17 Å². The lowest BCUT2D eigenvalue weighted by molar-refractivity contribution is -0.206. The zero-order valence-corrected chi connectivity index (χ0v) is 6.65. The average molecular weight is 204 g/mol. The van der Waals surface area contributed by atoms with Crippen LogP contribution in [0.15, 0.2) is 0 Å². The van der Waals surface area contributed by atoms with Crippen LogP contribution in [0.25, 0.3) is 0 Å². The van der Waals surface area contributed by atoms with E-state index in [9.17, 15) is 22.0 Å². The molecule has 6 heteroatoms. The van der Waals surface area contributed by atoms with Gasteiger partial charge in [-0.25, -0.2) is 8.78 Å². The summed E-state index contributed by atoms with van der Waals surface area (Å²) in [6.07, 6.45) is -11.8. The SMILES string of the molecule is F[C@@H]([C@@H](F)C(F)(F)F)[C@H]1CCCO1. The van der Waals surface area contributed by atoms with E-state index in [1.165, 1.54) is 0 Å². The van der Waals surface area contributed by atoms with Gasteiger partial charge in [-0.1, -0.05) is 0 Å². The molecule has 3 atom stereocenters. The highest BCUT2D eigenvalue weighted by molar-refractivity contribution is 4.84. The zero-order valence-electron chi connectivity index (χ0n) is 6.65. The minimum atomic E-state index is -5.13. The van der Waals surface area contributed by atoms with Crippen molar-refractivity contribution in [3.05, 3.63) is 0 Å². The second-order valence-corrected chi connectivity index (χ2v) is 2.94. The summed E-state index contributed by atoms with van der Waals surface area (Å²) in [6, 6.07) is 0. The molecule has 0 aromatic rings. The first-order chi connectivity index (χ1) is 5.93. The summed E-state index contributed by atoms with van der Waals surface area (Å²) in [7, 11) is 0. The first kappa shape index (κ1) is 10.7. The van der Waals surface area contributed by atoms with Crippen LogP contribution in [0.2, 0.25) is 0 Å². The van der Waals surface area contributed by atoms with Crippen molar-refractivity contribution in [2.24, 2.45) is 0 Å². The molecular formula is C7H9F5O. The largest absolute Gasteiger partial charge is 0.422 e. The van der Waals surface area contributed by atoms with Gasteiger partial charge in [-0.2, -0.15) is 13.2 Å². The van der Waals surface area contributed by atoms with Crippen molar-refractivity contribution >= 4 is 0 Å². The second kappa shape index (κ2) is 3.77. The molecule has 0 unspecified atom stereocenters. The Morgan fingerprint density at radius 3 is 2.23 bits per heavy atom. The van der Waals surface area contributed by atoms with Crippen molar-refractivity contribution in [3.8, 4) is 0 Å². The van der Waals surface area contributed by atoms with E-state index >= 15 is 0 Å². The quantitative estimate of drug-likeness (QED) is 0.627. The van der Waals surface area contributed by atoms with Crippen LogP contribution in [-0.4, -0.2) is 31.2 Å². The van der Waals surface area contributed by atoms with Crippen molar-refractivity contribution in [1.29, 1.82) is 0 Å². The molecule has 1 aliphatic heterocycles. The Kier molecular flexibility index (Phi) is 3.10. The van der Waals surface area contributed by atoms with Crippen LogP contribution in [0.5, 0.6) is 0 Å². The first-order valence-electron chi connectivity index (χ1n) is 3.89. The van der Waals surface area contributed by atoms with E-state index in [-0.39, 0.29) is 13.0 Å². The van der Waals surface area contributed by atoms with Gasteiger partial charge in [0.1, 0.15) is 0 Å². The molecule has 0 bridgehead atoms. The maximum Gasteiger partial charge on any atom is 0.422 e. The Morgan fingerprint density at radius 2 is 1.85 bits per heavy atom. The van der Waals surface area contributed by atoms with Crippen molar-refractivity contribution < 1.29 is 26.7 Å². The molecule has 1 fully saturated rings. The zero-order chi connectivity index (χ0) is 10.1. The molecule has 0 aromatic heterocycles. The standard InChI is InChI=1S/C7H9F5O/c8-5(4-2-1-3-13-4)6(9)7(10,11)12/h4-6H,1-3H2/t4-,5-,6-/m1/s1. The number of hydrogen-bond donors (Lipinski definition) is 0. The molecular weight excluding hydrogens is 195 g/mol. The number of halogens is 5. The maximum absolute atomic E-state index is 12.8. The van der Waals surface area contributed by atoms with Crippen LogP contribution in [-0.2, 0) is 4.74 Å². The van der Waals surface area contributed by atoms with Crippen LogP contribution in [0.4, 0.5) is 22.0 Å². The number of ether oxygens (including phenoxy) is 1. The van der Waals surface area contributed by atoms with Crippen molar-refractivity contribution in [3.63, 3.8) is 0 Å². The summed E-state index contributed by atoms with van der Waals surface area (Å²) >= 11 is 0. The molecule has 0 radical (unpaired) electrons. The molecule has 0 aliphatic carbocycles. The molecule has 1 rings (SSSR count). The van der Waals surface area contributed by atoms with Crippen LogP contribution < -0.4 is 0 Å². The van der Waals surface area contributed by atoms with Crippen molar-refractivity contribution in [1.82, 2.24) is 0 Å². The Morgan fingerprint density at radius 1 is 1.23 bits per heavy atom. The molecule has 0 amide bonds. The van der Waals surface area contributed by atoms with Gasteiger partial charge >= 0.3 is 6.18 Å². The molecule has 0 spiro atoms. The van der Waals surface area contributed by atoms with Gasteiger partial charge in [-0.05, 0) is 12.8 Å². The Labute approximate surface area is 71.9 Å². The summed E-state index contributed by atoms with van der Waals surface area (Å²) in [4.78, 5) is 0. The molecule has 0 N–H and O–H groups in total. The molecule has 13 heavy (non-hydrogen) atoms. The highest BCUT2D eigenvalue weighted by Crippen LogP contribution is 2.31. The maximum atomic E-state index is 12.8. The van der Waals surface area contributed by atoms with Crippen molar-refractivity contribution in [2.75, 3.05) is 6.61 Å². The summed E-state index contributed by atoms with van der Waals surface area (Å²) in [5.74, 6) is 0. The lowest BCUT2D eigenvalue weighted by Gasteiger charge is -2.20. The van der Waals surface area contributed by atoms with Crippen LogP contribution in [0.1, 0.15) is 12.8 Å². The van der Waals surface area contributed by atoms with E-state index in [4.69, 9.17) is 0 Å². The monoisotopic (exact) mass is 204 g/mol. The lowest BCUT2D eigenvalue weighted by Crippen LogP contribution is -2.40. The fraction of sp³-hybridized carbons (Fsp3) is 1.00. The minimum Gasteiger partial charge on any atom is -0.375 e. The third-order valence-electron chi connectivity index (χ3n) is 1.91. The summed E-state index contributed by atoms with van der Waals surface area (Å²) in [6.45, 7) is 0.204. The normalized spacial score (nSPS) is 28.8. The second-order valence-electron chi connectivity index (χ2n) is 2.94. The van der Waals surface area contributed by atoms with E-state index in [0.29, 0.717) is 6.42 Å². The molecule has 0 aromatic carbocycles. The third-order valence-corrected chi connectivity index (χ3v) is 1.91. The molecule has 1 nitrogen and oxygen atoms in total. The van der Waals surface area contributed by atoms with E-state index in [2.05, 4.69) is 4.74 Å². The number of rotatable bonds is 2. The van der Waals surface area contributed by atoms with Crippen LogP contribution >= 0.6 is 0 Å². The minimum absolute atomic E-state index is 0.150. The van der Waals surface area contributed by atoms with Crippen LogP contribution in [0.3, 0.4) is 0 Å². The summed E-state index contributed by atoms with van der Waals surface area (Å²) < 4.78 is 64.8. The first-order valence-corrected chi connectivity index (χ1v) is 3.89. The van der Waals surface area contributed by atoms with Gasteiger partial charge in [0.15, 0.2) is 6.17 Å². The Balaban J connectivity index is 2.50. The van der Waals surface area contributed by atoms with E-state index in [0.717, 1.165) is 0 Å². The highest BCUT2D eigenvalue weighted by atomic mass is 19.4. The number of hydrogen-bond acceptors (Lipinski definition) is 1. The van der Waals surface area contributed by atoms with Gasteiger partial charge in [0, 0.05) is 6.61 Å². The van der Waals surface area contributed by atoms with E-state index in [1.807, 2.05) is 0 Å². The third kappa shape index (κ3) is 2.52. The Hall–Kier alpha value is -0.390. The predicted octanol–water partition coefficient (Wildman–Crippen LogP) is 2.40. The van der Waals surface area contributed by atoms with E-state index in [1.54, 1.807) is 0 Å². The van der Waals surface area contributed by atoms with Crippen molar-refractivity contribution in [2.45, 2.75) is 37.5 Å². The summed E-state index contributed by atoms with van der Waals surface area (Å²) in [5, 5.41) is 0. The molecule has 1 saturated heterocycles. The fourth-order valence-corrected chi connectivity index (χ4v) is 1.22. The highest BCUT2D eigenvalue weighted by Gasteiger charge is 2.49.